The zero-order chi connectivity index (χ0) is 19.1. The summed E-state index contributed by atoms with van der Waals surface area (Å²) >= 11 is 0. The van der Waals surface area contributed by atoms with Crippen molar-refractivity contribution in [2.24, 2.45) is 0 Å². The van der Waals surface area contributed by atoms with Crippen molar-refractivity contribution in [3.05, 3.63) is 59.2 Å². The van der Waals surface area contributed by atoms with Crippen molar-refractivity contribution in [2.75, 3.05) is 13.7 Å². The quantitative estimate of drug-likeness (QED) is 0.711. The number of hydrogen-bond acceptors (Lipinski definition) is 4. The first kappa shape index (κ1) is 19.3. The predicted molar refractivity (Wildman–Crippen MR) is 99.4 cm³/mol. The standard InChI is InChI=1S/C20H24N2O4/c1-13(2)15-6-9-18(23)17(10-15)20(25)22-12-19(24)21-11-14-4-7-16(26-3)8-5-14/h4-10,13,23H,11-12H2,1-3H3,(H,21,24)(H,22,25). The number of carbonyl (C=O) groups is 2. The van der Waals surface area contributed by atoms with E-state index in [9.17, 15) is 14.7 Å². The summed E-state index contributed by atoms with van der Waals surface area (Å²) in [6.07, 6.45) is 0. The molecule has 0 aliphatic carbocycles. The lowest BCUT2D eigenvalue weighted by Crippen LogP contribution is -2.36. The van der Waals surface area contributed by atoms with Gasteiger partial charge >= 0.3 is 0 Å². The second-order valence-corrected chi connectivity index (χ2v) is 6.24. The van der Waals surface area contributed by atoms with Crippen molar-refractivity contribution in [3.8, 4) is 11.5 Å². The number of nitrogens with one attached hydrogen (secondary N) is 2. The molecule has 0 radical (unpaired) electrons. The summed E-state index contributed by atoms with van der Waals surface area (Å²) < 4.78 is 5.08. The van der Waals surface area contributed by atoms with Gasteiger partial charge in [0.1, 0.15) is 11.5 Å². The smallest absolute Gasteiger partial charge is 0.255 e. The average molecular weight is 356 g/mol. The van der Waals surface area contributed by atoms with E-state index in [4.69, 9.17) is 4.74 Å². The minimum absolute atomic E-state index is 0.106. The van der Waals surface area contributed by atoms with E-state index in [1.54, 1.807) is 19.2 Å². The molecule has 0 aromatic heterocycles. The highest BCUT2D eigenvalue weighted by Gasteiger charge is 2.14. The van der Waals surface area contributed by atoms with Crippen molar-refractivity contribution in [2.45, 2.75) is 26.3 Å². The van der Waals surface area contributed by atoms with Gasteiger partial charge in [-0.15, -0.1) is 0 Å². The second kappa shape index (κ2) is 8.89. The predicted octanol–water partition coefficient (Wildman–Crippen LogP) is 2.57. The SMILES string of the molecule is COc1ccc(CNC(=O)CNC(=O)c2cc(C(C)C)ccc2O)cc1. The zero-order valence-electron chi connectivity index (χ0n) is 15.2. The number of methoxy groups -OCH3 is 1. The largest absolute Gasteiger partial charge is 0.507 e. The molecule has 0 bridgehead atoms. The Bertz CT molecular complexity index is 770. The third-order valence-electron chi connectivity index (χ3n) is 3.99. The number of ether oxygens (including phenoxy) is 1. The van der Waals surface area contributed by atoms with Gasteiger partial charge in [-0.3, -0.25) is 9.59 Å². The number of hydrogen-bond donors (Lipinski definition) is 3. The molecule has 0 saturated heterocycles. The monoisotopic (exact) mass is 356 g/mol. The van der Waals surface area contributed by atoms with Crippen LogP contribution in [0.5, 0.6) is 11.5 Å². The summed E-state index contributed by atoms with van der Waals surface area (Å²) in [6, 6.07) is 12.2. The zero-order valence-corrected chi connectivity index (χ0v) is 15.2. The van der Waals surface area contributed by atoms with E-state index in [1.807, 2.05) is 38.1 Å². The van der Waals surface area contributed by atoms with E-state index in [0.717, 1.165) is 16.9 Å². The van der Waals surface area contributed by atoms with Crippen LogP contribution in [-0.4, -0.2) is 30.6 Å². The fraction of sp³-hybridized carbons (Fsp3) is 0.300. The molecule has 0 atom stereocenters. The highest BCUT2D eigenvalue weighted by atomic mass is 16.5. The van der Waals surface area contributed by atoms with Gasteiger partial charge in [-0.1, -0.05) is 32.0 Å². The molecule has 0 fully saturated rings. The summed E-state index contributed by atoms with van der Waals surface area (Å²) in [5.74, 6) is 0.0783. The molecule has 0 aliphatic rings. The van der Waals surface area contributed by atoms with Gasteiger partial charge in [-0.05, 0) is 41.3 Å². The Balaban J connectivity index is 1.86. The van der Waals surface area contributed by atoms with Crippen LogP contribution in [0.15, 0.2) is 42.5 Å². The summed E-state index contributed by atoms with van der Waals surface area (Å²) in [5.41, 5.74) is 2.03. The summed E-state index contributed by atoms with van der Waals surface area (Å²) in [4.78, 5) is 24.1. The Morgan fingerprint density at radius 3 is 2.38 bits per heavy atom. The van der Waals surface area contributed by atoms with Crippen LogP contribution in [0, 0.1) is 0 Å². The fourth-order valence-electron chi connectivity index (χ4n) is 2.36. The molecule has 2 rings (SSSR count). The molecule has 0 aliphatic heterocycles. The molecule has 2 aromatic rings. The molecule has 0 spiro atoms. The molecule has 138 valence electrons. The molecular weight excluding hydrogens is 332 g/mol. The molecule has 0 saturated carbocycles. The summed E-state index contributed by atoms with van der Waals surface area (Å²) in [6.45, 7) is 4.19. The molecule has 2 aromatic carbocycles. The van der Waals surface area contributed by atoms with Crippen LogP contribution in [0.1, 0.15) is 41.3 Å². The van der Waals surface area contributed by atoms with E-state index >= 15 is 0 Å². The Morgan fingerprint density at radius 2 is 1.77 bits per heavy atom. The van der Waals surface area contributed by atoms with Gasteiger partial charge in [0.2, 0.25) is 5.91 Å². The second-order valence-electron chi connectivity index (χ2n) is 6.24. The van der Waals surface area contributed by atoms with E-state index in [1.165, 1.54) is 6.07 Å². The number of carbonyl (C=O) groups excluding carboxylic acids is 2. The van der Waals surface area contributed by atoms with Crippen LogP contribution in [-0.2, 0) is 11.3 Å². The lowest BCUT2D eigenvalue weighted by Gasteiger charge is -2.11. The van der Waals surface area contributed by atoms with Crippen LogP contribution in [0.3, 0.4) is 0 Å². The Labute approximate surface area is 153 Å². The highest BCUT2D eigenvalue weighted by Crippen LogP contribution is 2.23. The maximum atomic E-state index is 12.2. The number of rotatable bonds is 7. The first-order valence-electron chi connectivity index (χ1n) is 8.41. The average Bonchev–Trinajstić information content (AvgIpc) is 2.65. The van der Waals surface area contributed by atoms with E-state index < -0.39 is 5.91 Å². The minimum atomic E-state index is -0.482. The highest BCUT2D eigenvalue weighted by molar-refractivity contribution is 5.98. The van der Waals surface area contributed by atoms with Crippen LogP contribution in [0.25, 0.3) is 0 Å². The number of phenolic OH excluding ortho intramolecular Hbond substituents is 1. The summed E-state index contributed by atoms with van der Waals surface area (Å²) in [5, 5.41) is 15.1. The molecule has 6 heteroatoms. The van der Waals surface area contributed by atoms with Crippen molar-refractivity contribution >= 4 is 11.8 Å². The first-order valence-corrected chi connectivity index (χ1v) is 8.41. The number of aromatic hydroxyl groups is 1. The molecule has 26 heavy (non-hydrogen) atoms. The maximum absolute atomic E-state index is 12.2. The van der Waals surface area contributed by atoms with Gasteiger partial charge in [0.25, 0.3) is 5.91 Å². The van der Waals surface area contributed by atoms with Crippen LogP contribution in [0.2, 0.25) is 0 Å². The Kier molecular flexibility index (Phi) is 6.60. The molecule has 6 nitrogen and oxygen atoms in total. The third kappa shape index (κ3) is 5.24. The number of phenols is 1. The minimum Gasteiger partial charge on any atom is -0.507 e. The van der Waals surface area contributed by atoms with E-state index in [2.05, 4.69) is 10.6 Å². The van der Waals surface area contributed by atoms with Crippen LogP contribution in [0.4, 0.5) is 0 Å². The summed E-state index contributed by atoms with van der Waals surface area (Å²) in [7, 11) is 1.59. The topological polar surface area (TPSA) is 87.7 Å². The van der Waals surface area contributed by atoms with Crippen LogP contribution < -0.4 is 15.4 Å². The first-order chi connectivity index (χ1) is 12.4. The third-order valence-corrected chi connectivity index (χ3v) is 3.99. The van der Waals surface area contributed by atoms with Crippen molar-refractivity contribution < 1.29 is 19.4 Å². The van der Waals surface area contributed by atoms with Crippen molar-refractivity contribution in [1.29, 1.82) is 0 Å². The van der Waals surface area contributed by atoms with E-state index in [-0.39, 0.29) is 29.7 Å². The fourth-order valence-corrected chi connectivity index (χ4v) is 2.36. The normalized spacial score (nSPS) is 10.5. The van der Waals surface area contributed by atoms with Gasteiger partial charge in [0.05, 0.1) is 19.2 Å². The van der Waals surface area contributed by atoms with Gasteiger partial charge in [0.15, 0.2) is 0 Å². The van der Waals surface area contributed by atoms with Crippen molar-refractivity contribution in [1.82, 2.24) is 10.6 Å². The van der Waals surface area contributed by atoms with Crippen LogP contribution >= 0.6 is 0 Å². The Hall–Kier alpha value is -3.02. The maximum Gasteiger partial charge on any atom is 0.255 e. The van der Waals surface area contributed by atoms with E-state index in [0.29, 0.717) is 6.54 Å². The lowest BCUT2D eigenvalue weighted by molar-refractivity contribution is -0.120. The van der Waals surface area contributed by atoms with Crippen molar-refractivity contribution in [3.63, 3.8) is 0 Å². The van der Waals surface area contributed by atoms with Gasteiger partial charge in [-0.25, -0.2) is 0 Å². The molecule has 2 amide bonds. The lowest BCUT2D eigenvalue weighted by atomic mass is 10.00. The number of amides is 2. The van der Waals surface area contributed by atoms with Gasteiger partial charge in [-0.2, -0.15) is 0 Å². The molecule has 3 N–H and O–H groups in total. The molecular formula is C20H24N2O4. The molecule has 0 unspecified atom stereocenters. The van der Waals surface area contributed by atoms with Gasteiger partial charge in [0, 0.05) is 6.54 Å². The molecule has 0 heterocycles. The Morgan fingerprint density at radius 1 is 1.08 bits per heavy atom. The van der Waals surface area contributed by atoms with Gasteiger partial charge < -0.3 is 20.5 Å². The number of benzene rings is 2.